The quantitative estimate of drug-likeness (QED) is 0.641. The molecule has 0 bridgehead atoms. The molecule has 0 aromatic heterocycles. The molecule has 1 aromatic rings. The van der Waals surface area contributed by atoms with Crippen molar-refractivity contribution in [3.8, 4) is 0 Å². The first-order valence-corrected chi connectivity index (χ1v) is 6.62. The third-order valence-corrected chi connectivity index (χ3v) is 4.42. The molecule has 5 heteroatoms. The van der Waals surface area contributed by atoms with Gasteiger partial charge in [0.2, 0.25) is 0 Å². The average molecular weight is 362 g/mol. The minimum Gasteiger partial charge on any atom is -0.391 e. The minimum absolute atomic E-state index is 0.157. The van der Waals surface area contributed by atoms with E-state index in [0.717, 1.165) is 9.13 Å². The summed E-state index contributed by atoms with van der Waals surface area (Å²) >= 11 is 7.08. The average Bonchev–Trinajstić information content (AvgIpc) is 2.21. The van der Waals surface area contributed by atoms with E-state index >= 15 is 0 Å². The minimum atomic E-state index is -0.681. The number of hydrogen-bond donors (Lipinski definition) is 2. The molecule has 3 nitrogen and oxygen atoms in total. The van der Waals surface area contributed by atoms with E-state index in [1.54, 1.807) is 19.9 Å². The fraction of sp³-hybridized carbons (Fsp3) is 0.333. The lowest BCUT2D eigenvalue weighted by atomic mass is 10.0. The molecule has 0 radical (unpaired) electrons. The van der Waals surface area contributed by atoms with E-state index in [1.165, 1.54) is 0 Å². The van der Waals surface area contributed by atoms with Gasteiger partial charge in [-0.15, -0.1) is 0 Å². The van der Waals surface area contributed by atoms with Crippen molar-refractivity contribution in [2.45, 2.75) is 26.3 Å². The Balaban J connectivity index is 2.99. The SMILES string of the molecule is Cc1cccc(C(=O)NC(C)(C)C(N)=S)c1I. The van der Waals surface area contributed by atoms with Crippen LogP contribution in [0.2, 0.25) is 0 Å². The summed E-state index contributed by atoms with van der Waals surface area (Å²) in [6.45, 7) is 5.54. The number of amides is 1. The Kier molecular flexibility index (Phi) is 4.48. The van der Waals surface area contributed by atoms with E-state index in [1.807, 2.05) is 19.1 Å². The van der Waals surface area contributed by atoms with Gasteiger partial charge in [-0.3, -0.25) is 4.79 Å². The Bertz CT molecular complexity index is 472. The first kappa shape index (κ1) is 14.4. The molecular weight excluding hydrogens is 347 g/mol. The van der Waals surface area contributed by atoms with Crippen LogP contribution < -0.4 is 11.1 Å². The lowest BCUT2D eigenvalue weighted by molar-refractivity contribution is 0.0931. The molecule has 0 fully saturated rings. The van der Waals surface area contributed by atoms with Crippen LogP contribution >= 0.6 is 34.8 Å². The van der Waals surface area contributed by atoms with Gasteiger partial charge in [-0.25, -0.2) is 0 Å². The van der Waals surface area contributed by atoms with Gasteiger partial charge in [0.1, 0.15) is 0 Å². The van der Waals surface area contributed by atoms with Crippen LogP contribution in [0.4, 0.5) is 0 Å². The number of nitrogens with two attached hydrogens (primary N) is 1. The summed E-state index contributed by atoms with van der Waals surface area (Å²) in [6.07, 6.45) is 0. The maximum absolute atomic E-state index is 12.1. The van der Waals surface area contributed by atoms with Gasteiger partial charge in [0.25, 0.3) is 5.91 Å². The normalized spacial score (nSPS) is 11.1. The summed E-state index contributed by atoms with van der Waals surface area (Å²) in [5, 5.41) is 2.83. The molecule has 17 heavy (non-hydrogen) atoms. The fourth-order valence-electron chi connectivity index (χ4n) is 1.24. The Morgan fingerprint density at radius 2 is 2.06 bits per heavy atom. The van der Waals surface area contributed by atoms with Crippen LogP contribution in [0.5, 0.6) is 0 Å². The van der Waals surface area contributed by atoms with E-state index in [-0.39, 0.29) is 10.9 Å². The number of benzene rings is 1. The second kappa shape index (κ2) is 5.30. The van der Waals surface area contributed by atoms with Crippen molar-refractivity contribution in [2.24, 2.45) is 5.73 Å². The molecule has 3 N–H and O–H groups in total. The van der Waals surface area contributed by atoms with Crippen molar-refractivity contribution in [2.75, 3.05) is 0 Å². The number of carbonyl (C=O) groups is 1. The highest BCUT2D eigenvalue weighted by Gasteiger charge is 2.25. The summed E-state index contributed by atoms with van der Waals surface area (Å²) in [5.74, 6) is -0.157. The van der Waals surface area contributed by atoms with Crippen LogP contribution in [0.15, 0.2) is 18.2 Å². The largest absolute Gasteiger partial charge is 0.391 e. The number of hydrogen-bond acceptors (Lipinski definition) is 2. The smallest absolute Gasteiger partial charge is 0.253 e. The van der Waals surface area contributed by atoms with Crippen molar-refractivity contribution >= 4 is 45.7 Å². The van der Waals surface area contributed by atoms with Crippen molar-refractivity contribution in [1.82, 2.24) is 5.32 Å². The number of halogens is 1. The molecule has 0 unspecified atom stereocenters. The van der Waals surface area contributed by atoms with E-state index in [2.05, 4.69) is 27.9 Å². The highest BCUT2D eigenvalue weighted by molar-refractivity contribution is 14.1. The summed E-state index contributed by atoms with van der Waals surface area (Å²) in [4.78, 5) is 12.4. The number of carbonyl (C=O) groups excluding carboxylic acids is 1. The predicted molar refractivity (Wildman–Crippen MR) is 82.2 cm³/mol. The first-order chi connectivity index (χ1) is 7.75. The molecule has 0 aliphatic heterocycles. The van der Waals surface area contributed by atoms with Gasteiger partial charge in [-0.1, -0.05) is 24.4 Å². The van der Waals surface area contributed by atoms with Crippen LogP contribution in [0.1, 0.15) is 29.8 Å². The lowest BCUT2D eigenvalue weighted by Gasteiger charge is -2.25. The molecule has 0 saturated heterocycles. The first-order valence-electron chi connectivity index (χ1n) is 5.13. The van der Waals surface area contributed by atoms with Crippen LogP contribution in [0, 0.1) is 10.5 Å². The summed E-state index contributed by atoms with van der Waals surface area (Å²) < 4.78 is 0.946. The van der Waals surface area contributed by atoms with E-state index in [9.17, 15) is 4.79 Å². The van der Waals surface area contributed by atoms with Crippen LogP contribution in [-0.4, -0.2) is 16.4 Å². The number of nitrogens with one attached hydrogen (secondary N) is 1. The van der Waals surface area contributed by atoms with Crippen molar-refractivity contribution < 1.29 is 4.79 Å². The molecule has 0 heterocycles. The molecule has 0 atom stereocenters. The Morgan fingerprint density at radius 3 is 2.59 bits per heavy atom. The Hall–Kier alpha value is -0.690. The topological polar surface area (TPSA) is 55.1 Å². The summed E-state index contributed by atoms with van der Waals surface area (Å²) in [6, 6.07) is 5.62. The van der Waals surface area contributed by atoms with Gasteiger partial charge >= 0.3 is 0 Å². The predicted octanol–water partition coefficient (Wildman–Crippen LogP) is 2.39. The maximum atomic E-state index is 12.1. The molecule has 1 amide bonds. The van der Waals surface area contributed by atoms with Crippen molar-refractivity contribution in [3.63, 3.8) is 0 Å². The van der Waals surface area contributed by atoms with Gasteiger partial charge in [-0.05, 0) is 55.0 Å². The second-order valence-corrected chi connectivity index (χ2v) is 5.90. The number of aryl methyl sites for hydroxylation is 1. The van der Waals surface area contributed by atoms with Gasteiger partial charge in [-0.2, -0.15) is 0 Å². The van der Waals surface area contributed by atoms with Gasteiger partial charge in [0.15, 0.2) is 0 Å². The number of thiocarbonyl (C=S) groups is 1. The zero-order valence-electron chi connectivity index (χ0n) is 10.0. The lowest BCUT2D eigenvalue weighted by Crippen LogP contribution is -2.52. The molecule has 92 valence electrons. The summed E-state index contributed by atoms with van der Waals surface area (Å²) in [7, 11) is 0. The van der Waals surface area contributed by atoms with Crippen molar-refractivity contribution in [1.29, 1.82) is 0 Å². The molecular formula is C12H15IN2OS. The van der Waals surface area contributed by atoms with E-state index in [0.29, 0.717) is 5.56 Å². The van der Waals surface area contributed by atoms with E-state index < -0.39 is 5.54 Å². The number of rotatable bonds is 3. The Labute approximate surface area is 120 Å². The van der Waals surface area contributed by atoms with Gasteiger partial charge < -0.3 is 11.1 Å². The molecule has 0 aliphatic rings. The monoisotopic (exact) mass is 362 g/mol. The molecule has 0 aliphatic carbocycles. The maximum Gasteiger partial charge on any atom is 0.253 e. The fourth-order valence-corrected chi connectivity index (χ4v) is 1.89. The van der Waals surface area contributed by atoms with Gasteiger partial charge in [0.05, 0.1) is 16.1 Å². The highest BCUT2D eigenvalue weighted by atomic mass is 127. The molecule has 1 rings (SSSR count). The zero-order chi connectivity index (χ0) is 13.2. The Morgan fingerprint density at radius 1 is 1.47 bits per heavy atom. The van der Waals surface area contributed by atoms with Crippen LogP contribution in [-0.2, 0) is 0 Å². The van der Waals surface area contributed by atoms with E-state index in [4.69, 9.17) is 18.0 Å². The third-order valence-electron chi connectivity index (χ3n) is 2.48. The zero-order valence-corrected chi connectivity index (χ0v) is 13.0. The summed E-state index contributed by atoms with van der Waals surface area (Å²) in [5.41, 5.74) is 6.62. The van der Waals surface area contributed by atoms with Crippen LogP contribution in [0.25, 0.3) is 0 Å². The van der Waals surface area contributed by atoms with Gasteiger partial charge in [0, 0.05) is 3.57 Å². The molecule has 0 spiro atoms. The third kappa shape index (κ3) is 3.38. The standard InChI is InChI=1S/C12H15IN2OS/c1-7-5-4-6-8(9(7)13)10(16)15-12(2,3)11(14)17/h4-6H,1-3H3,(H2,14,17)(H,15,16). The highest BCUT2D eigenvalue weighted by Crippen LogP contribution is 2.17. The van der Waals surface area contributed by atoms with Crippen LogP contribution in [0.3, 0.4) is 0 Å². The van der Waals surface area contributed by atoms with Crippen molar-refractivity contribution in [3.05, 3.63) is 32.9 Å². The molecule has 1 aromatic carbocycles. The molecule has 0 saturated carbocycles. The second-order valence-electron chi connectivity index (χ2n) is 4.38.